The van der Waals surface area contributed by atoms with Crippen molar-refractivity contribution >= 4 is 6.08 Å². The van der Waals surface area contributed by atoms with Crippen molar-refractivity contribution in [1.29, 1.82) is 0 Å². The van der Waals surface area contributed by atoms with E-state index in [1.165, 1.54) is 11.1 Å². The highest BCUT2D eigenvalue weighted by Crippen LogP contribution is 2.05. The first-order chi connectivity index (χ1) is 6.33. The van der Waals surface area contributed by atoms with E-state index in [9.17, 15) is 0 Å². The highest BCUT2D eigenvalue weighted by Gasteiger charge is 1.83. The maximum absolute atomic E-state index is 2.20. The van der Waals surface area contributed by atoms with Crippen LogP contribution < -0.4 is 0 Å². The Balaban J connectivity index is 2.50. The van der Waals surface area contributed by atoms with E-state index in [2.05, 4.69) is 56.3 Å². The normalized spacial score (nSPS) is 12.3. The largest absolute Gasteiger partial charge is 0.0884 e. The third kappa shape index (κ3) is 3.75. The number of rotatable bonds is 3. The Morgan fingerprint density at radius 2 is 1.92 bits per heavy atom. The van der Waals surface area contributed by atoms with Crippen LogP contribution in [0, 0.1) is 0 Å². The molecule has 0 fully saturated rings. The number of hydrogen-bond donors (Lipinski definition) is 0. The van der Waals surface area contributed by atoms with Gasteiger partial charge < -0.3 is 0 Å². The molecule has 68 valence electrons. The van der Waals surface area contributed by atoms with Crippen LogP contribution in [0.2, 0.25) is 0 Å². The van der Waals surface area contributed by atoms with Gasteiger partial charge in [0.15, 0.2) is 0 Å². The van der Waals surface area contributed by atoms with Crippen molar-refractivity contribution in [3.63, 3.8) is 0 Å². The zero-order chi connectivity index (χ0) is 9.52. The summed E-state index contributed by atoms with van der Waals surface area (Å²) >= 11 is 0. The van der Waals surface area contributed by atoms with Crippen LogP contribution in [0.4, 0.5) is 0 Å². The Morgan fingerprint density at radius 1 is 1.23 bits per heavy atom. The van der Waals surface area contributed by atoms with Gasteiger partial charge in [0, 0.05) is 0 Å². The molecule has 0 unspecified atom stereocenters. The predicted octanol–water partition coefficient (Wildman–Crippen LogP) is 4.06. The molecule has 1 aromatic carbocycles. The minimum absolute atomic E-state index is 1.05. The Hall–Kier alpha value is -1.30. The lowest BCUT2D eigenvalue weighted by molar-refractivity contribution is 1.21. The molecule has 0 spiro atoms. The van der Waals surface area contributed by atoms with E-state index in [-0.39, 0.29) is 0 Å². The van der Waals surface area contributed by atoms with E-state index in [1.807, 2.05) is 6.07 Å². The molecule has 0 atom stereocenters. The zero-order valence-corrected chi connectivity index (χ0v) is 8.33. The van der Waals surface area contributed by atoms with Crippen molar-refractivity contribution in [3.8, 4) is 0 Å². The van der Waals surface area contributed by atoms with Gasteiger partial charge in [-0.05, 0) is 25.8 Å². The van der Waals surface area contributed by atoms with Gasteiger partial charge in [-0.15, -0.1) is 0 Å². The first kappa shape index (κ1) is 9.79. The number of hydrogen-bond acceptors (Lipinski definition) is 0. The third-order valence-corrected chi connectivity index (χ3v) is 2.04. The monoisotopic (exact) mass is 172 g/mol. The summed E-state index contributed by atoms with van der Waals surface area (Å²) in [6.45, 7) is 4.22. The second-order valence-corrected chi connectivity index (χ2v) is 3.15. The molecule has 1 rings (SSSR count). The van der Waals surface area contributed by atoms with Crippen molar-refractivity contribution < 1.29 is 0 Å². The average molecular weight is 172 g/mol. The fraction of sp³-hybridized carbons (Fsp3) is 0.231. The van der Waals surface area contributed by atoms with E-state index in [4.69, 9.17) is 0 Å². The molecule has 0 amide bonds. The molecule has 0 aliphatic heterocycles. The zero-order valence-electron chi connectivity index (χ0n) is 8.33. The Kier molecular flexibility index (Phi) is 4.04. The first-order valence-corrected chi connectivity index (χ1v) is 4.66. The molecule has 0 bridgehead atoms. The van der Waals surface area contributed by atoms with E-state index >= 15 is 0 Å². The molecule has 0 radical (unpaired) electrons. The summed E-state index contributed by atoms with van der Waals surface area (Å²) in [4.78, 5) is 0. The molecule has 0 saturated heterocycles. The summed E-state index contributed by atoms with van der Waals surface area (Å²) < 4.78 is 0. The summed E-state index contributed by atoms with van der Waals surface area (Å²) in [6, 6.07) is 10.4. The fourth-order valence-corrected chi connectivity index (χ4v) is 1.06. The maximum Gasteiger partial charge on any atom is -0.0138 e. The van der Waals surface area contributed by atoms with Gasteiger partial charge in [-0.25, -0.2) is 0 Å². The van der Waals surface area contributed by atoms with E-state index < -0.39 is 0 Å². The van der Waals surface area contributed by atoms with Crippen LogP contribution in [-0.4, -0.2) is 0 Å². The predicted molar refractivity (Wildman–Crippen MR) is 59.5 cm³/mol. The molecule has 0 heteroatoms. The molecule has 0 aliphatic carbocycles. The van der Waals surface area contributed by atoms with Crippen LogP contribution in [0.3, 0.4) is 0 Å². The van der Waals surface area contributed by atoms with Gasteiger partial charge in [0.25, 0.3) is 0 Å². The number of benzene rings is 1. The highest BCUT2D eigenvalue weighted by atomic mass is 13.9. The van der Waals surface area contributed by atoms with E-state index in [1.54, 1.807) is 0 Å². The quantitative estimate of drug-likeness (QED) is 0.603. The smallest absolute Gasteiger partial charge is 0.0138 e. The van der Waals surface area contributed by atoms with Crippen LogP contribution in [0.25, 0.3) is 6.08 Å². The molecule has 0 saturated carbocycles. The summed E-state index contributed by atoms with van der Waals surface area (Å²) in [6.07, 6.45) is 7.55. The van der Waals surface area contributed by atoms with Gasteiger partial charge in [-0.2, -0.15) is 0 Å². The third-order valence-electron chi connectivity index (χ3n) is 2.04. The minimum Gasteiger partial charge on any atom is -0.0884 e. The molecule has 0 N–H and O–H groups in total. The molecule has 0 aromatic heterocycles. The van der Waals surface area contributed by atoms with Gasteiger partial charge in [0.05, 0.1) is 0 Å². The molecule has 0 aliphatic rings. The van der Waals surface area contributed by atoms with Gasteiger partial charge in [0.1, 0.15) is 0 Å². The van der Waals surface area contributed by atoms with Crippen LogP contribution in [0.1, 0.15) is 25.8 Å². The second kappa shape index (κ2) is 5.36. The molecular formula is C13H16. The second-order valence-electron chi connectivity index (χ2n) is 3.15. The molecule has 13 heavy (non-hydrogen) atoms. The SMILES string of the molecule is C/C=C(\C)C/C=C/c1ccccc1. The Morgan fingerprint density at radius 3 is 2.54 bits per heavy atom. The van der Waals surface area contributed by atoms with Gasteiger partial charge >= 0.3 is 0 Å². The Bertz CT molecular complexity index is 291. The van der Waals surface area contributed by atoms with Crippen LogP contribution in [0.5, 0.6) is 0 Å². The van der Waals surface area contributed by atoms with E-state index in [0.29, 0.717) is 0 Å². The number of allylic oxidation sites excluding steroid dienone is 3. The lowest BCUT2D eigenvalue weighted by Gasteiger charge is -1.93. The van der Waals surface area contributed by atoms with Gasteiger partial charge in [0.2, 0.25) is 0 Å². The van der Waals surface area contributed by atoms with E-state index in [0.717, 1.165) is 6.42 Å². The van der Waals surface area contributed by atoms with Crippen molar-refractivity contribution in [2.45, 2.75) is 20.3 Å². The maximum atomic E-state index is 2.20. The van der Waals surface area contributed by atoms with Crippen LogP contribution in [0.15, 0.2) is 48.1 Å². The standard InChI is InChI=1S/C13H16/c1-3-12(2)8-7-11-13-9-5-4-6-10-13/h3-7,9-11H,8H2,1-2H3/b11-7+,12-3+. The van der Waals surface area contributed by atoms with Crippen LogP contribution in [-0.2, 0) is 0 Å². The van der Waals surface area contributed by atoms with Crippen molar-refractivity contribution in [2.75, 3.05) is 0 Å². The summed E-state index contributed by atoms with van der Waals surface area (Å²) in [5, 5.41) is 0. The first-order valence-electron chi connectivity index (χ1n) is 4.66. The van der Waals surface area contributed by atoms with Gasteiger partial charge in [-0.3, -0.25) is 0 Å². The lowest BCUT2D eigenvalue weighted by Crippen LogP contribution is -1.72. The van der Waals surface area contributed by atoms with Crippen molar-refractivity contribution in [1.82, 2.24) is 0 Å². The summed E-state index contributed by atoms with van der Waals surface area (Å²) in [7, 11) is 0. The molecule has 0 nitrogen and oxygen atoms in total. The molecular weight excluding hydrogens is 156 g/mol. The van der Waals surface area contributed by atoms with Crippen molar-refractivity contribution in [2.24, 2.45) is 0 Å². The lowest BCUT2D eigenvalue weighted by atomic mass is 10.1. The van der Waals surface area contributed by atoms with Gasteiger partial charge in [-0.1, -0.05) is 54.1 Å². The summed E-state index contributed by atoms with van der Waals surface area (Å²) in [5.41, 5.74) is 2.68. The molecule has 0 heterocycles. The average Bonchev–Trinajstić information content (AvgIpc) is 2.19. The molecule has 1 aromatic rings. The summed E-state index contributed by atoms with van der Waals surface area (Å²) in [5.74, 6) is 0. The fourth-order valence-electron chi connectivity index (χ4n) is 1.06. The highest BCUT2D eigenvalue weighted by molar-refractivity contribution is 5.49. The topological polar surface area (TPSA) is 0 Å². The minimum atomic E-state index is 1.05. The Labute approximate surface area is 80.6 Å². The van der Waals surface area contributed by atoms with Crippen LogP contribution >= 0.6 is 0 Å². The van der Waals surface area contributed by atoms with Crippen molar-refractivity contribution in [3.05, 3.63) is 53.6 Å².